The molecule has 3 aromatic carbocycles. The standard InChI is InChI=1S/C28H30N2/c1-29-25-14-10-21(11-15-25)20-30-18-16-24(17-19-30)28-26-8-4-2-6-22(26)12-13-23-7-3-5-9-27(23)28/h2-11,14-15,29H,12-13,16-20H2,1H3. The highest BCUT2D eigenvalue weighted by Gasteiger charge is 2.23. The van der Waals surface area contributed by atoms with E-state index < -0.39 is 0 Å². The van der Waals surface area contributed by atoms with Crippen LogP contribution in [-0.4, -0.2) is 25.0 Å². The molecule has 1 aliphatic carbocycles. The van der Waals surface area contributed by atoms with Crippen LogP contribution in [0.1, 0.15) is 40.7 Å². The zero-order valence-corrected chi connectivity index (χ0v) is 17.8. The topological polar surface area (TPSA) is 15.3 Å². The zero-order chi connectivity index (χ0) is 20.3. The number of piperidine rings is 1. The third-order valence-corrected chi connectivity index (χ3v) is 6.70. The van der Waals surface area contributed by atoms with Crippen LogP contribution in [0.25, 0.3) is 5.57 Å². The summed E-state index contributed by atoms with van der Waals surface area (Å²) in [5, 5.41) is 3.20. The van der Waals surface area contributed by atoms with E-state index in [-0.39, 0.29) is 0 Å². The van der Waals surface area contributed by atoms with Crippen LogP contribution in [0, 0.1) is 0 Å². The Bertz CT molecular complexity index is 1000. The molecule has 0 spiro atoms. The third kappa shape index (κ3) is 3.80. The molecule has 2 aliphatic rings. The molecule has 2 heteroatoms. The number of nitrogens with zero attached hydrogens (tertiary/aromatic N) is 1. The van der Waals surface area contributed by atoms with Crippen molar-refractivity contribution in [2.75, 3.05) is 25.5 Å². The zero-order valence-electron chi connectivity index (χ0n) is 17.8. The van der Waals surface area contributed by atoms with Crippen LogP contribution in [0.2, 0.25) is 0 Å². The molecule has 0 bridgehead atoms. The summed E-state index contributed by atoms with van der Waals surface area (Å²) in [6, 6.07) is 27.0. The Hall–Kier alpha value is -2.84. The maximum absolute atomic E-state index is 3.20. The van der Waals surface area contributed by atoms with Gasteiger partial charge in [-0.2, -0.15) is 0 Å². The van der Waals surface area contributed by atoms with E-state index in [4.69, 9.17) is 0 Å². The first kappa shape index (κ1) is 19.1. The number of benzene rings is 3. The second-order valence-corrected chi connectivity index (χ2v) is 8.52. The van der Waals surface area contributed by atoms with Gasteiger partial charge < -0.3 is 5.32 Å². The molecule has 1 saturated heterocycles. The van der Waals surface area contributed by atoms with Crippen molar-refractivity contribution >= 4 is 11.3 Å². The average molecular weight is 395 g/mol. The molecular weight excluding hydrogens is 364 g/mol. The Morgan fingerprint density at radius 3 is 1.83 bits per heavy atom. The normalized spacial score (nSPS) is 16.6. The monoisotopic (exact) mass is 394 g/mol. The lowest BCUT2D eigenvalue weighted by molar-refractivity contribution is 0.248. The Morgan fingerprint density at radius 2 is 1.27 bits per heavy atom. The number of hydrogen-bond donors (Lipinski definition) is 1. The SMILES string of the molecule is CNc1ccc(CN2CCC(=C3c4ccccc4CCc4ccccc43)CC2)cc1. The van der Waals surface area contributed by atoms with Crippen LogP contribution in [0.5, 0.6) is 0 Å². The van der Waals surface area contributed by atoms with Crippen LogP contribution in [-0.2, 0) is 19.4 Å². The van der Waals surface area contributed by atoms with Gasteiger partial charge in [0.15, 0.2) is 0 Å². The van der Waals surface area contributed by atoms with Crippen molar-refractivity contribution in [2.45, 2.75) is 32.2 Å². The lowest BCUT2D eigenvalue weighted by Crippen LogP contribution is -2.30. The molecule has 152 valence electrons. The van der Waals surface area contributed by atoms with Crippen LogP contribution >= 0.6 is 0 Å². The average Bonchev–Trinajstić information content (AvgIpc) is 2.97. The summed E-state index contributed by atoms with van der Waals surface area (Å²) in [4.78, 5) is 2.60. The molecule has 0 amide bonds. The highest BCUT2D eigenvalue weighted by Crippen LogP contribution is 2.38. The van der Waals surface area contributed by atoms with Gasteiger partial charge >= 0.3 is 0 Å². The molecule has 0 unspecified atom stereocenters. The van der Waals surface area contributed by atoms with Gasteiger partial charge in [0.25, 0.3) is 0 Å². The fourth-order valence-corrected chi connectivity index (χ4v) is 5.03. The Morgan fingerprint density at radius 1 is 0.700 bits per heavy atom. The smallest absolute Gasteiger partial charge is 0.0337 e. The number of fused-ring (bicyclic) bond motifs is 2. The molecule has 1 aliphatic heterocycles. The molecule has 0 aromatic heterocycles. The molecule has 30 heavy (non-hydrogen) atoms. The van der Waals surface area contributed by atoms with Gasteiger partial charge in [0, 0.05) is 32.4 Å². The van der Waals surface area contributed by atoms with Gasteiger partial charge in [-0.1, -0.05) is 66.2 Å². The summed E-state index contributed by atoms with van der Waals surface area (Å²) in [5.41, 5.74) is 11.7. The van der Waals surface area contributed by atoms with Crippen molar-refractivity contribution in [3.05, 3.63) is 106 Å². The van der Waals surface area contributed by atoms with Crippen LogP contribution in [0.4, 0.5) is 5.69 Å². The molecule has 2 nitrogen and oxygen atoms in total. The van der Waals surface area contributed by atoms with Crippen molar-refractivity contribution in [3.63, 3.8) is 0 Å². The summed E-state index contributed by atoms with van der Waals surface area (Å²) in [6.45, 7) is 3.31. The van der Waals surface area contributed by atoms with E-state index in [0.29, 0.717) is 0 Å². The Labute approximate surface area is 180 Å². The van der Waals surface area contributed by atoms with Gasteiger partial charge in [0.05, 0.1) is 0 Å². The first-order valence-corrected chi connectivity index (χ1v) is 11.2. The van der Waals surface area contributed by atoms with Gasteiger partial charge in [0.2, 0.25) is 0 Å². The van der Waals surface area contributed by atoms with Gasteiger partial charge in [-0.15, -0.1) is 0 Å². The second kappa shape index (κ2) is 8.49. The fourth-order valence-electron chi connectivity index (χ4n) is 5.03. The Kier molecular flexibility index (Phi) is 5.42. The van der Waals surface area contributed by atoms with E-state index in [0.717, 1.165) is 45.3 Å². The molecule has 0 saturated carbocycles. The first-order chi connectivity index (χ1) is 14.8. The van der Waals surface area contributed by atoms with Gasteiger partial charge in [-0.3, -0.25) is 4.90 Å². The molecule has 0 atom stereocenters. The third-order valence-electron chi connectivity index (χ3n) is 6.70. The van der Waals surface area contributed by atoms with E-state index in [9.17, 15) is 0 Å². The minimum atomic E-state index is 1.04. The van der Waals surface area contributed by atoms with E-state index in [1.807, 2.05) is 7.05 Å². The van der Waals surface area contributed by atoms with E-state index in [2.05, 4.69) is 83.0 Å². The largest absolute Gasteiger partial charge is 0.388 e. The minimum Gasteiger partial charge on any atom is -0.388 e. The molecule has 3 aromatic rings. The van der Waals surface area contributed by atoms with Crippen molar-refractivity contribution in [1.29, 1.82) is 0 Å². The predicted octanol–water partition coefficient (Wildman–Crippen LogP) is 5.92. The molecule has 1 N–H and O–H groups in total. The number of hydrogen-bond acceptors (Lipinski definition) is 2. The van der Waals surface area contributed by atoms with Gasteiger partial charge in [0.1, 0.15) is 0 Å². The summed E-state index contributed by atoms with van der Waals surface area (Å²) in [7, 11) is 1.97. The highest BCUT2D eigenvalue weighted by molar-refractivity contribution is 5.86. The molecular formula is C28H30N2. The van der Waals surface area contributed by atoms with Crippen molar-refractivity contribution in [2.24, 2.45) is 0 Å². The molecule has 1 heterocycles. The van der Waals surface area contributed by atoms with Gasteiger partial charge in [-0.25, -0.2) is 0 Å². The lowest BCUT2D eigenvalue weighted by Gasteiger charge is -2.30. The van der Waals surface area contributed by atoms with E-state index in [1.165, 1.54) is 39.1 Å². The van der Waals surface area contributed by atoms with Crippen LogP contribution in [0.3, 0.4) is 0 Å². The summed E-state index contributed by atoms with van der Waals surface area (Å²) < 4.78 is 0. The van der Waals surface area contributed by atoms with Crippen molar-refractivity contribution in [1.82, 2.24) is 4.90 Å². The lowest BCUT2D eigenvalue weighted by atomic mass is 9.86. The summed E-state index contributed by atoms with van der Waals surface area (Å²) >= 11 is 0. The molecule has 5 rings (SSSR count). The van der Waals surface area contributed by atoms with Crippen molar-refractivity contribution in [3.8, 4) is 0 Å². The maximum atomic E-state index is 3.20. The van der Waals surface area contributed by atoms with Crippen molar-refractivity contribution < 1.29 is 0 Å². The number of aryl methyl sites for hydroxylation is 2. The van der Waals surface area contributed by atoms with E-state index >= 15 is 0 Å². The van der Waals surface area contributed by atoms with Gasteiger partial charge in [-0.05, 0) is 71.2 Å². The maximum Gasteiger partial charge on any atom is 0.0337 e. The van der Waals surface area contributed by atoms with Crippen LogP contribution in [0.15, 0.2) is 78.4 Å². The second-order valence-electron chi connectivity index (χ2n) is 8.52. The minimum absolute atomic E-state index is 1.04. The fraction of sp³-hybridized carbons (Fsp3) is 0.286. The molecule has 1 fully saturated rings. The summed E-state index contributed by atoms with van der Waals surface area (Å²) in [5.74, 6) is 0. The predicted molar refractivity (Wildman–Crippen MR) is 127 cm³/mol. The van der Waals surface area contributed by atoms with Crippen LogP contribution < -0.4 is 5.32 Å². The molecule has 0 radical (unpaired) electrons. The number of rotatable bonds is 3. The highest BCUT2D eigenvalue weighted by atomic mass is 15.1. The quantitative estimate of drug-likeness (QED) is 0.593. The number of likely N-dealkylation sites (tertiary alicyclic amines) is 1. The first-order valence-electron chi connectivity index (χ1n) is 11.2. The summed E-state index contributed by atoms with van der Waals surface area (Å²) in [6.07, 6.45) is 4.59. The van der Waals surface area contributed by atoms with E-state index in [1.54, 1.807) is 5.57 Å². The Balaban J connectivity index is 1.42. The number of anilines is 1. The number of nitrogens with one attached hydrogen (secondary N) is 1.